The summed E-state index contributed by atoms with van der Waals surface area (Å²) in [6.07, 6.45) is 3.40. The van der Waals surface area contributed by atoms with Crippen LogP contribution in [0.25, 0.3) is 16.7 Å². The maximum atomic E-state index is 13.6. The Morgan fingerprint density at radius 2 is 2.17 bits per heavy atom. The Morgan fingerprint density at radius 3 is 3.00 bits per heavy atom. The Hall–Kier alpha value is -2.01. The third-order valence-corrected chi connectivity index (χ3v) is 3.25. The first-order chi connectivity index (χ1) is 8.68. The maximum absolute atomic E-state index is 13.6. The molecule has 0 amide bonds. The minimum Gasteiger partial charge on any atom is -0.329 e. The second-order valence-corrected chi connectivity index (χ2v) is 4.43. The van der Waals surface area contributed by atoms with Crippen molar-refractivity contribution in [3.63, 3.8) is 0 Å². The van der Waals surface area contributed by atoms with Gasteiger partial charge in [0.05, 0.1) is 22.9 Å². The van der Waals surface area contributed by atoms with Crippen LogP contribution >= 0.6 is 12.2 Å². The number of nitrogens with one attached hydrogen (secondary N) is 1. The van der Waals surface area contributed by atoms with Gasteiger partial charge in [-0.3, -0.25) is 9.55 Å². The zero-order valence-corrected chi connectivity index (χ0v) is 10.5. The molecule has 3 aromatic rings. The molecule has 1 N–H and O–H groups in total. The van der Waals surface area contributed by atoms with Crippen LogP contribution in [0.1, 0.15) is 5.56 Å². The molecule has 18 heavy (non-hydrogen) atoms. The standard InChI is InChI=1S/C13H10FN3S/c1-8-9(14)3-2-4-11(8)17-12-5-6-15-7-10(12)16-13(17)18/h2-7H,1H3,(H,16,18). The van der Waals surface area contributed by atoms with Crippen molar-refractivity contribution in [3.05, 3.63) is 52.8 Å². The molecule has 5 heteroatoms. The summed E-state index contributed by atoms with van der Waals surface area (Å²) in [5.41, 5.74) is 3.05. The number of rotatable bonds is 1. The predicted octanol–water partition coefficient (Wildman–Crippen LogP) is 3.53. The third kappa shape index (κ3) is 1.55. The number of hydrogen-bond acceptors (Lipinski definition) is 2. The van der Waals surface area contributed by atoms with Crippen LogP contribution in [0.15, 0.2) is 36.7 Å². The molecular weight excluding hydrogens is 249 g/mol. The lowest BCUT2D eigenvalue weighted by atomic mass is 10.2. The molecule has 0 aliphatic rings. The number of H-pyrrole nitrogens is 1. The van der Waals surface area contributed by atoms with Gasteiger partial charge in [0.2, 0.25) is 0 Å². The Balaban J connectivity index is 2.42. The number of nitrogens with zero attached hydrogens (tertiary/aromatic N) is 2. The van der Waals surface area contributed by atoms with Crippen molar-refractivity contribution in [3.8, 4) is 5.69 Å². The molecule has 0 saturated carbocycles. The summed E-state index contributed by atoms with van der Waals surface area (Å²) in [5, 5.41) is 0. The van der Waals surface area contributed by atoms with E-state index in [9.17, 15) is 4.39 Å². The first-order valence-electron chi connectivity index (χ1n) is 5.49. The van der Waals surface area contributed by atoms with Gasteiger partial charge in [-0.25, -0.2) is 4.39 Å². The zero-order chi connectivity index (χ0) is 12.7. The van der Waals surface area contributed by atoms with Crippen LogP contribution in [0.4, 0.5) is 4.39 Å². The predicted molar refractivity (Wildman–Crippen MR) is 70.9 cm³/mol. The van der Waals surface area contributed by atoms with Crippen molar-refractivity contribution in [2.24, 2.45) is 0 Å². The van der Waals surface area contributed by atoms with E-state index in [1.54, 1.807) is 25.4 Å². The molecule has 0 bridgehead atoms. The second kappa shape index (κ2) is 4.03. The maximum Gasteiger partial charge on any atom is 0.182 e. The molecule has 0 atom stereocenters. The zero-order valence-electron chi connectivity index (χ0n) is 9.64. The number of hydrogen-bond donors (Lipinski definition) is 1. The first-order valence-corrected chi connectivity index (χ1v) is 5.89. The Bertz CT molecular complexity index is 788. The summed E-state index contributed by atoms with van der Waals surface area (Å²) >= 11 is 5.30. The topological polar surface area (TPSA) is 33.6 Å². The molecule has 3 nitrogen and oxygen atoms in total. The number of aromatic amines is 1. The minimum atomic E-state index is -0.238. The van der Waals surface area contributed by atoms with Crippen LogP contribution in [0.5, 0.6) is 0 Å². The van der Waals surface area contributed by atoms with Crippen LogP contribution in [0.2, 0.25) is 0 Å². The highest BCUT2D eigenvalue weighted by Gasteiger charge is 2.10. The lowest BCUT2D eigenvalue weighted by Gasteiger charge is -2.08. The van der Waals surface area contributed by atoms with Gasteiger partial charge in [0.25, 0.3) is 0 Å². The monoisotopic (exact) mass is 259 g/mol. The Morgan fingerprint density at radius 1 is 1.33 bits per heavy atom. The molecule has 1 aromatic carbocycles. The van der Waals surface area contributed by atoms with Crippen LogP contribution in [-0.2, 0) is 0 Å². The molecule has 0 aliphatic carbocycles. The highest BCUT2D eigenvalue weighted by atomic mass is 32.1. The van der Waals surface area contributed by atoms with E-state index in [1.165, 1.54) is 6.07 Å². The summed E-state index contributed by atoms with van der Waals surface area (Å²) < 4.78 is 16.0. The van der Waals surface area contributed by atoms with Gasteiger partial charge in [-0.15, -0.1) is 0 Å². The average Bonchev–Trinajstić information content (AvgIpc) is 2.69. The number of halogens is 1. The van der Waals surface area contributed by atoms with E-state index in [2.05, 4.69) is 9.97 Å². The Labute approximate surface area is 108 Å². The van der Waals surface area contributed by atoms with Gasteiger partial charge in [-0.05, 0) is 37.3 Å². The number of fused-ring (bicyclic) bond motifs is 1. The molecule has 0 radical (unpaired) electrons. The first kappa shape index (κ1) is 11.1. The van der Waals surface area contributed by atoms with E-state index in [4.69, 9.17) is 12.2 Å². The fourth-order valence-electron chi connectivity index (χ4n) is 2.04. The van der Waals surface area contributed by atoms with Crippen molar-refractivity contribution < 1.29 is 4.39 Å². The average molecular weight is 259 g/mol. The molecule has 0 aliphatic heterocycles. The number of pyridine rings is 1. The van der Waals surface area contributed by atoms with Crippen LogP contribution in [0.3, 0.4) is 0 Å². The van der Waals surface area contributed by atoms with Gasteiger partial charge in [0, 0.05) is 11.8 Å². The quantitative estimate of drug-likeness (QED) is 0.678. The molecule has 0 saturated heterocycles. The summed E-state index contributed by atoms with van der Waals surface area (Å²) in [7, 11) is 0. The molecule has 2 aromatic heterocycles. The number of imidazole rings is 1. The molecule has 90 valence electrons. The van der Waals surface area contributed by atoms with Crippen molar-refractivity contribution in [1.82, 2.24) is 14.5 Å². The van der Waals surface area contributed by atoms with Gasteiger partial charge >= 0.3 is 0 Å². The van der Waals surface area contributed by atoms with Crippen molar-refractivity contribution >= 4 is 23.3 Å². The van der Waals surface area contributed by atoms with E-state index < -0.39 is 0 Å². The van der Waals surface area contributed by atoms with Crippen LogP contribution < -0.4 is 0 Å². The lowest BCUT2D eigenvalue weighted by Crippen LogP contribution is -1.98. The summed E-state index contributed by atoms with van der Waals surface area (Å²) in [5.74, 6) is -0.238. The van der Waals surface area contributed by atoms with Gasteiger partial charge in [-0.2, -0.15) is 0 Å². The van der Waals surface area contributed by atoms with E-state index in [-0.39, 0.29) is 5.82 Å². The fraction of sp³-hybridized carbons (Fsp3) is 0.0769. The summed E-state index contributed by atoms with van der Waals surface area (Å²) in [4.78, 5) is 7.10. The van der Waals surface area contributed by atoms with Gasteiger partial charge in [0.15, 0.2) is 4.77 Å². The number of aromatic nitrogens is 3. The highest BCUT2D eigenvalue weighted by molar-refractivity contribution is 7.71. The van der Waals surface area contributed by atoms with E-state index >= 15 is 0 Å². The second-order valence-electron chi connectivity index (χ2n) is 4.04. The number of benzene rings is 1. The normalized spacial score (nSPS) is 11.0. The van der Waals surface area contributed by atoms with Crippen molar-refractivity contribution in [2.45, 2.75) is 6.92 Å². The fourth-order valence-corrected chi connectivity index (χ4v) is 2.34. The van der Waals surface area contributed by atoms with Gasteiger partial charge in [0.1, 0.15) is 5.82 Å². The highest BCUT2D eigenvalue weighted by Crippen LogP contribution is 2.22. The largest absolute Gasteiger partial charge is 0.329 e. The Kier molecular flexibility index (Phi) is 2.48. The van der Waals surface area contributed by atoms with E-state index in [0.29, 0.717) is 10.3 Å². The summed E-state index contributed by atoms with van der Waals surface area (Å²) in [6.45, 7) is 1.74. The SMILES string of the molecule is Cc1c(F)cccc1-n1c(=S)[nH]c2cnccc21. The van der Waals surface area contributed by atoms with Crippen LogP contribution in [-0.4, -0.2) is 14.5 Å². The molecule has 0 spiro atoms. The molecule has 3 rings (SSSR count). The molecule has 0 unspecified atom stereocenters. The molecular formula is C13H10FN3S. The third-order valence-electron chi connectivity index (χ3n) is 2.96. The van der Waals surface area contributed by atoms with Crippen LogP contribution in [0, 0.1) is 17.5 Å². The van der Waals surface area contributed by atoms with Crippen molar-refractivity contribution in [1.29, 1.82) is 0 Å². The lowest BCUT2D eigenvalue weighted by molar-refractivity contribution is 0.617. The molecule has 2 heterocycles. The van der Waals surface area contributed by atoms with E-state index in [1.807, 2.05) is 16.7 Å². The van der Waals surface area contributed by atoms with Crippen molar-refractivity contribution in [2.75, 3.05) is 0 Å². The smallest absolute Gasteiger partial charge is 0.182 e. The molecule has 0 fully saturated rings. The van der Waals surface area contributed by atoms with Gasteiger partial charge in [-0.1, -0.05) is 6.07 Å². The van der Waals surface area contributed by atoms with Gasteiger partial charge < -0.3 is 4.98 Å². The minimum absolute atomic E-state index is 0.238. The van der Waals surface area contributed by atoms with E-state index in [0.717, 1.165) is 16.7 Å². The summed E-state index contributed by atoms with van der Waals surface area (Å²) in [6, 6.07) is 6.83.